The number of unbranched alkanes of at least 4 members (excludes halogenated alkanes) is 1. The van der Waals surface area contributed by atoms with Gasteiger partial charge in [-0.2, -0.15) is 29.8 Å². The Morgan fingerprint density at radius 2 is 1.48 bits per heavy atom. The first-order chi connectivity index (χ1) is 33.1. The van der Waals surface area contributed by atoms with Crippen molar-refractivity contribution in [2.24, 2.45) is 5.14 Å². The quantitative estimate of drug-likeness (QED) is 0.0334. The molecule has 0 saturated carbocycles. The van der Waals surface area contributed by atoms with Crippen LogP contribution in [0.2, 0.25) is 0 Å². The molecule has 6 aromatic rings. The molecule has 23 heteroatoms. The zero-order valence-corrected chi connectivity index (χ0v) is 43.2. The van der Waals surface area contributed by atoms with E-state index in [2.05, 4.69) is 21.7 Å². The van der Waals surface area contributed by atoms with E-state index in [-0.39, 0.29) is 32.7 Å². The third-order valence-corrected chi connectivity index (χ3v) is 17.7. The summed E-state index contributed by atoms with van der Waals surface area (Å²) in [7, 11) is -18.5. The van der Waals surface area contributed by atoms with Gasteiger partial charge in [0.1, 0.15) is 16.4 Å². The predicted octanol–water partition coefficient (Wildman–Crippen LogP) is 7.57. The van der Waals surface area contributed by atoms with Crippen LogP contribution in [0.15, 0.2) is 122 Å². The molecule has 0 bridgehead atoms. The van der Waals surface area contributed by atoms with E-state index in [0.29, 0.717) is 64.1 Å². The molecule has 2 aliphatic heterocycles. The summed E-state index contributed by atoms with van der Waals surface area (Å²) in [6.07, 6.45) is 10.4. The molecule has 2 aliphatic rings. The van der Waals surface area contributed by atoms with Gasteiger partial charge in [-0.25, -0.2) is 13.6 Å². The lowest BCUT2D eigenvalue weighted by atomic mass is 9.79. The Hall–Kier alpha value is -5.89. The van der Waals surface area contributed by atoms with Gasteiger partial charge in [-0.3, -0.25) is 23.4 Å². The molecule has 4 heterocycles. The van der Waals surface area contributed by atoms with Crippen LogP contribution in [0.4, 0.5) is 11.4 Å². The molecule has 372 valence electrons. The van der Waals surface area contributed by atoms with E-state index in [1.165, 1.54) is 30.5 Å². The maximum atomic E-state index is 13.4. The first-order valence-electron chi connectivity index (χ1n) is 22.1. The smallest absolute Gasteiger partial charge is 0.295 e. The van der Waals surface area contributed by atoms with Crippen LogP contribution in [0, 0.1) is 0 Å². The van der Waals surface area contributed by atoms with E-state index >= 15 is 0 Å². The Bertz CT molecular complexity index is 3840. The van der Waals surface area contributed by atoms with Gasteiger partial charge in [0.25, 0.3) is 40.4 Å². The highest BCUT2D eigenvalue weighted by Gasteiger charge is 2.46. The minimum atomic E-state index is -4.97. The van der Waals surface area contributed by atoms with Crippen LogP contribution in [-0.2, 0) is 57.6 Å². The molecule has 0 spiro atoms. The van der Waals surface area contributed by atoms with E-state index in [9.17, 15) is 52.1 Å². The van der Waals surface area contributed by atoms with Crippen molar-refractivity contribution in [3.05, 3.63) is 130 Å². The number of rotatable bonds is 15. The standard InChI is InChI=1S/C48H48N6O12S5/c1-7-9-22-54-38-18-12-28-10-15-31(69(58,59)60)23-34(28)44(38)48(5,6)42(54)21-14-29(36-17-11-30(27-50-36)39(55)26-43-51-52-46(67-43)68(49,56)57)13-20-41-47(3,4)45-35-24-32(70(61,62)63)25-40(71(64,65)66)33(35)16-19-37(45)53(41)8-2/h10-21,23-25,27H,7-9,22,26H2,1-6H3,(H4-,49,56,57,58,59,60,61,62,63,64,65,66)/p+1. The average Bonchev–Trinajstić information content (AvgIpc) is 3.92. The number of likely N-dealkylation sites (N-methyl/N-ethyl adjacent to an activating group) is 1. The van der Waals surface area contributed by atoms with Gasteiger partial charge in [0, 0.05) is 70.2 Å². The van der Waals surface area contributed by atoms with E-state index in [1.54, 1.807) is 24.3 Å². The van der Waals surface area contributed by atoms with Gasteiger partial charge in [0.2, 0.25) is 10.0 Å². The lowest BCUT2D eigenvalue weighted by molar-refractivity contribution is -0.438. The second kappa shape index (κ2) is 18.3. The maximum Gasteiger partial charge on any atom is 0.295 e. The topological polar surface area (TPSA) is 285 Å². The first kappa shape index (κ1) is 51.5. The molecule has 0 radical (unpaired) electrons. The number of nitrogens with zero attached hydrogens (tertiary/aromatic N) is 5. The van der Waals surface area contributed by atoms with Crippen molar-refractivity contribution in [3.8, 4) is 0 Å². The summed E-state index contributed by atoms with van der Waals surface area (Å²) in [6, 6.07) is 16.7. The Labute approximate surface area is 415 Å². The fourth-order valence-electron chi connectivity index (χ4n) is 9.58. The number of carbonyl (C=O) groups excluding carboxylic acids is 1. The molecule has 8 rings (SSSR count). The number of fused-ring (bicyclic) bond motifs is 6. The zero-order valence-electron chi connectivity index (χ0n) is 39.1. The highest BCUT2D eigenvalue weighted by atomic mass is 32.2. The summed E-state index contributed by atoms with van der Waals surface area (Å²) in [5, 5.41) is 14.4. The monoisotopic (exact) mass is 1060 g/mol. The highest BCUT2D eigenvalue weighted by Crippen LogP contribution is 2.52. The molecule has 0 aliphatic carbocycles. The molecular weight excluding hydrogens is 1010 g/mol. The molecule has 0 fully saturated rings. The summed E-state index contributed by atoms with van der Waals surface area (Å²) in [4.78, 5) is 18.5. The molecule has 2 aromatic heterocycles. The minimum Gasteiger partial charge on any atom is -0.344 e. The number of aromatic nitrogens is 3. The largest absolute Gasteiger partial charge is 0.344 e. The van der Waals surface area contributed by atoms with Crippen LogP contribution >= 0.6 is 11.3 Å². The first-order valence-corrected chi connectivity index (χ1v) is 28.7. The number of primary sulfonamides is 1. The van der Waals surface area contributed by atoms with Crippen molar-refractivity contribution in [3.63, 3.8) is 0 Å². The predicted molar refractivity (Wildman–Crippen MR) is 270 cm³/mol. The van der Waals surface area contributed by atoms with Gasteiger partial charge < -0.3 is 4.90 Å². The number of anilines is 1. The van der Waals surface area contributed by atoms with Crippen molar-refractivity contribution >= 4 is 102 Å². The van der Waals surface area contributed by atoms with Crippen LogP contribution < -0.4 is 10.0 Å². The van der Waals surface area contributed by atoms with Crippen molar-refractivity contribution in [1.82, 2.24) is 15.2 Å². The second-order valence-corrected chi connectivity index (χ2v) is 25.2. The molecule has 0 saturated heterocycles. The fourth-order valence-corrected chi connectivity index (χ4v) is 12.9. The lowest BCUT2D eigenvalue weighted by Crippen LogP contribution is -2.28. The van der Waals surface area contributed by atoms with Crippen molar-refractivity contribution in [1.29, 1.82) is 0 Å². The van der Waals surface area contributed by atoms with Gasteiger partial charge in [-0.05, 0) is 103 Å². The van der Waals surface area contributed by atoms with Crippen molar-refractivity contribution in [2.45, 2.75) is 90.7 Å². The number of hydrogen-bond donors (Lipinski definition) is 4. The lowest BCUT2D eigenvalue weighted by Gasteiger charge is -2.26. The Kier molecular flexibility index (Phi) is 13.3. The van der Waals surface area contributed by atoms with E-state index in [0.717, 1.165) is 35.2 Å². The summed E-state index contributed by atoms with van der Waals surface area (Å²) >= 11 is 0.686. The van der Waals surface area contributed by atoms with Crippen molar-refractivity contribution in [2.75, 3.05) is 18.0 Å². The number of allylic oxidation sites excluding steroid dienone is 6. The van der Waals surface area contributed by atoms with E-state index in [4.69, 9.17) is 10.1 Å². The van der Waals surface area contributed by atoms with Gasteiger partial charge in [0.15, 0.2) is 11.5 Å². The molecule has 0 atom stereocenters. The SMILES string of the molecule is CCCC[N+]1=C(/C=C/C(=C/C=C2/N(CC)c3ccc4c(S(=O)(=O)O)cc(S(=O)(=O)O)cc4c3C2(C)C)c2ccc(C(=O)Cc3nnc(S(N)(=O)=O)s3)cn2)C(C)(C)c2c1ccc1ccc(S(=O)(=O)O)cc21. The third kappa shape index (κ3) is 9.65. The van der Waals surface area contributed by atoms with Gasteiger partial charge in [0.05, 0.1) is 27.3 Å². The van der Waals surface area contributed by atoms with E-state index in [1.807, 2.05) is 76.0 Å². The Balaban J connectivity index is 1.29. The fraction of sp³-hybridized carbons (Fsp3) is 0.271. The summed E-state index contributed by atoms with van der Waals surface area (Å²) in [6.45, 7) is 12.8. The third-order valence-electron chi connectivity index (χ3n) is 12.9. The summed E-state index contributed by atoms with van der Waals surface area (Å²) in [5.41, 5.74) is 3.96. The molecule has 5 N–H and O–H groups in total. The van der Waals surface area contributed by atoms with Crippen LogP contribution in [0.1, 0.15) is 86.6 Å². The molecule has 4 aromatic carbocycles. The highest BCUT2D eigenvalue weighted by molar-refractivity contribution is 7.91. The van der Waals surface area contributed by atoms with E-state index < -0.39 is 71.1 Å². The number of sulfonamides is 1. The molecular formula is C48H49N6O12S5+. The van der Waals surface area contributed by atoms with Crippen LogP contribution in [0.25, 0.3) is 27.1 Å². The summed E-state index contributed by atoms with van der Waals surface area (Å²) < 4.78 is 131. The van der Waals surface area contributed by atoms with Crippen LogP contribution in [0.3, 0.4) is 0 Å². The van der Waals surface area contributed by atoms with Crippen LogP contribution in [-0.4, -0.2) is 91.7 Å². The van der Waals surface area contributed by atoms with Crippen molar-refractivity contribution < 1.29 is 56.7 Å². The Morgan fingerprint density at radius 1 is 0.789 bits per heavy atom. The van der Waals surface area contributed by atoms with Gasteiger partial charge >= 0.3 is 0 Å². The number of pyridine rings is 1. The number of benzene rings is 4. The second-order valence-electron chi connectivity index (χ2n) is 18.2. The number of Topliss-reactive ketones (excluding diaryl/α,β-unsaturated/α-hetero) is 1. The van der Waals surface area contributed by atoms with Gasteiger partial charge in [-0.1, -0.05) is 56.7 Å². The normalized spacial score (nSPS) is 16.7. The molecule has 0 unspecified atom stereocenters. The Morgan fingerprint density at radius 3 is 2.08 bits per heavy atom. The molecule has 18 nitrogen and oxygen atoms in total. The minimum absolute atomic E-state index is 0.0461. The average molecular weight is 1060 g/mol. The molecule has 0 amide bonds. The zero-order chi connectivity index (χ0) is 51.8. The summed E-state index contributed by atoms with van der Waals surface area (Å²) in [5.74, 6) is -0.410. The number of ketones is 1. The molecule has 71 heavy (non-hydrogen) atoms. The number of nitrogens with two attached hydrogens (primary N) is 1. The number of carbonyl (C=O) groups is 1. The number of hydrogen-bond acceptors (Lipinski definition) is 14. The van der Waals surface area contributed by atoms with Gasteiger partial charge in [-0.15, -0.1) is 10.2 Å². The maximum absolute atomic E-state index is 13.4. The van der Waals surface area contributed by atoms with Crippen LogP contribution in [0.5, 0.6) is 0 Å².